The first kappa shape index (κ1) is 18.1. The lowest BCUT2D eigenvalue weighted by atomic mass is 10.0. The van der Waals surface area contributed by atoms with E-state index in [-0.39, 0.29) is 17.4 Å². The van der Waals surface area contributed by atoms with Crippen LogP contribution in [0.1, 0.15) is 24.2 Å². The minimum Gasteiger partial charge on any atom is -0.448 e. The van der Waals surface area contributed by atoms with Crippen molar-refractivity contribution in [3.63, 3.8) is 0 Å². The fourth-order valence-corrected chi connectivity index (χ4v) is 2.99. The molecule has 7 nitrogen and oxygen atoms in total. The molecule has 1 saturated heterocycles. The van der Waals surface area contributed by atoms with Gasteiger partial charge in [-0.25, -0.2) is 4.79 Å². The van der Waals surface area contributed by atoms with Crippen molar-refractivity contribution in [1.82, 2.24) is 9.88 Å². The van der Waals surface area contributed by atoms with Gasteiger partial charge in [0.15, 0.2) is 6.10 Å². The molecule has 1 atom stereocenters. The van der Waals surface area contributed by atoms with E-state index in [9.17, 15) is 14.4 Å². The summed E-state index contributed by atoms with van der Waals surface area (Å²) in [5, 5.41) is 0.582. The smallest absolute Gasteiger partial charge is 0.339 e. The van der Waals surface area contributed by atoms with Crippen molar-refractivity contribution in [2.75, 3.05) is 26.3 Å². The molecule has 0 bridgehead atoms. The summed E-state index contributed by atoms with van der Waals surface area (Å²) in [5.74, 6) is -1.10. The molecule has 2 aromatic rings. The first-order valence-electron chi connectivity index (χ1n) is 8.67. The number of pyridine rings is 1. The van der Waals surface area contributed by atoms with Crippen molar-refractivity contribution < 1.29 is 19.1 Å². The lowest BCUT2D eigenvalue weighted by molar-refractivity contribution is -0.147. The van der Waals surface area contributed by atoms with Crippen molar-refractivity contribution in [1.29, 1.82) is 0 Å². The molecule has 1 aliphatic rings. The Morgan fingerprint density at radius 1 is 1.19 bits per heavy atom. The molecular weight excluding hydrogens is 336 g/mol. The van der Waals surface area contributed by atoms with Gasteiger partial charge in [-0.3, -0.25) is 9.59 Å². The Bertz CT molecular complexity index is 868. The van der Waals surface area contributed by atoms with Gasteiger partial charge in [-0.15, -0.1) is 0 Å². The number of amides is 1. The van der Waals surface area contributed by atoms with E-state index < -0.39 is 17.6 Å². The van der Waals surface area contributed by atoms with Crippen LogP contribution < -0.4 is 5.56 Å². The number of nitrogens with one attached hydrogen (secondary N) is 1. The monoisotopic (exact) mass is 358 g/mol. The van der Waals surface area contributed by atoms with Crippen LogP contribution in [0.25, 0.3) is 10.9 Å². The van der Waals surface area contributed by atoms with E-state index in [1.165, 1.54) is 6.07 Å². The number of nitrogens with zero attached hydrogens (tertiary/aromatic N) is 1. The van der Waals surface area contributed by atoms with Crippen LogP contribution in [0.3, 0.4) is 0 Å². The van der Waals surface area contributed by atoms with Crippen molar-refractivity contribution in [2.45, 2.75) is 20.0 Å². The van der Waals surface area contributed by atoms with Crippen LogP contribution in [0, 0.1) is 5.92 Å². The number of aromatic amines is 1. The highest BCUT2D eigenvalue weighted by Crippen LogP contribution is 2.19. The topological polar surface area (TPSA) is 88.7 Å². The zero-order chi connectivity index (χ0) is 18.7. The number of ether oxygens (including phenoxy) is 2. The molecule has 0 saturated carbocycles. The zero-order valence-corrected chi connectivity index (χ0v) is 14.9. The maximum atomic E-state index is 12.8. The quantitative estimate of drug-likeness (QED) is 0.838. The molecule has 26 heavy (non-hydrogen) atoms. The summed E-state index contributed by atoms with van der Waals surface area (Å²) in [4.78, 5) is 41.7. The first-order chi connectivity index (χ1) is 12.5. The average molecular weight is 358 g/mol. The Kier molecular flexibility index (Phi) is 5.37. The van der Waals surface area contributed by atoms with Gasteiger partial charge in [0, 0.05) is 30.1 Å². The van der Waals surface area contributed by atoms with Crippen LogP contribution >= 0.6 is 0 Å². The highest BCUT2D eigenvalue weighted by Gasteiger charge is 2.32. The maximum Gasteiger partial charge on any atom is 0.339 e. The van der Waals surface area contributed by atoms with Crippen molar-refractivity contribution >= 4 is 22.8 Å². The van der Waals surface area contributed by atoms with Gasteiger partial charge in [0.25, 0.3) is 5.91 Å². The van der Waals surface area contributed by atoms with Gasteiger partial charge >= 0.3 is 5.97 Å². The molecule has 3 rings (SSSR count). The number of benzene rings is 1. The summed E-state index contributed by atoms with van der Waals surface area (Å²) in [6, 6.07) is 8.20. The Morgan fingerprint density at radius 3 is 2.58 bits per heavy atom. The van der Waals surface area contributed by atoms with Gasteiger partial charge in [0.1, 0.15) is 0 Å². The SMILES string of the molecule is CC(C)[C@H](OC(=O)c1cc(=O)[nH]c2ccccc12)C(=O)N1CCOCC1. The van der Waals surface area contributed by atoms with Gasteiger partial charge in [-0.05, 0) is 12.0 Å². The molecule has 1 amide bonds. The molecule has 1 aliphatic heterocycles. The number of esters is 1. The second-order valence-corrected chi connectivity index (χ2v) is 6.60. The molecule has 1 fully saturated rings. The minimum absolute atomic E-state index is 0.157. The van der Waals surface area contributed by atoms with Crippen LogP contribution in [-0.2, 0) is 14.3 Å². The van der Waals surface area contributed by atoms with Crippen molar-refractivity contribution in [3.8, 4) is 0 Å². The Labute approximate surface area is 150 Å². The van der Waals surface area contributed by atoms with Gasteiger partial charge < -0.3 is 19.4 Å². The van der Waals surface area contributed by atoms with Gasteiger partial charge in [0.2, 0.25) is 5.56 Å². The molecule has 2 heterocycles. The molecule has 0 radical (unpaired) electrons. The van der Waals surface area contributed by atoms with Crippen LogP contribution in [0.5, 0.6) is 0 Å². The maximum absolute atomic E-state index is 12.8. The number of aromatic nitrogens is 1. The second-order valence-electron chi connectivity index (χ2n) is 6.60. The largest absolute Gasteiger partial charge is 0.448 e. The molecule has 0 aliphatic carbocycles. The average Bonchev–Trinajstić information content (AvgIpc) is 2.65. The molecule has 0 unspecified atom stereocenters. The fourth-order valence-electron chi connectivity index (χ4n) is 2.99. The number of hydrogen-bond donors (Lipinski definition) is 1. The highest BCUT2D eigenvalue weighted by molar-refractivity contribution is 6.04. The molecule has 1 N–H and O–H groups in total. The third kappa shape index (κ3) is 3.77. The van der Waals surface area contributed by atoms with E-state index >= 15 is 0 Å². The normalized spacial score (nSPS) is 15.9. The number of carbonyl (C=O) groups excluding carboxylic acids is 2. The lowest BCUT2D eigenvalue weighted by Crippen LogP contribution is -2.48. The molecular formula is C19H22N2O5. The van der Waals surface area contributed by atoms with Crippen molar-refractivity contribution in [2.24, 2.45) is 5.92 Å². The standard InChI is InChI=1S/C19H22N2O5/c1-12(2)17(18(23)21-7-9-25-10-8-21)26-19(24)14-11-16(22)20-15-6-4-3-5-13(14)15/h3-6,11-12,17H,7-10H2,1-2H3,(H,20,22)/t17-/m0/s1. The number of para-hydroxylation sites is 1. The Morgan fingerprint density at radius 2 is 1.88 bits per heavy atom. The van der Waals surface area contributed by atoms with E-state index in [4.69, 9.17) is 9.47 Å². The van der Waals surface area contributed by atoms with Gasteiger partial charge in [-0.2, -0.15) is 0 Å². The van der Waals surface area contributed by atoms with E-state index in [1.807, 2.05) is 13.8 Å². The summed E-state index contributed by atoms with van der Waals surface area (Å²) in [6.07, 6.45) is -0.904. The third-order valence-corrected chi connectivity index (χ3v) is 4.38. The summed E-state index contributed by atoms with van der Waals surface area (Å²) in [5.41, 5.74) is 0.314. The Hall–Kier alpha value is -2.67. The van der Waals surface area contributed by atoms with Crippen LogP contribution in [0.2, 0.25) is 0 Å². The van der Waals surface area contributed by atoms with Crippen LogP contribution in [0.4, 0.5) is 0 Å². The molecule has 1 aromatic heterocycles. The molecule has 7 heteroatoms. The number of morpholine rings is 1. The van der Waals surface area contributed by atoms with Crippen LogP contribution in [0.15, 0.2) is 35.1 Å². The van der Waals surface area contributed by atoms with E-state index in [1.54, 1.807) is 29.2 Å². The Balaban J connectivity index is 1.87. The number of hydrogen-bond acceptors (Lipinski definition) is 5. The van der Waals surface area contributed by atoms with Gasteiger partial charge in [-0.1, -0.05) is 32.0 Å². The number of fused-ring (bicyclic) bond motifs is 1. The summed E-state index contributed by atoms with van der Waals surface area (Å²) in [6.45, 7) is 5.56. The summed E-state index contributed by atoms with van der Waals surface area (Å²) in [7, 11) is 0. The second kappa shape index (κ2) is 7.70. The summed E-state index contributed by atoms with van der Waals surface area (Å²) >= 11 is 0. The molecule has 0 spiro atoms. The number of rotatable bonds is 4. The summed E-state index contributed by atoms with van der Waals surface area (Å²) < 4.78 is 10.8. The minimum atomic E-state index is -0.904. The molecule has 138 valence electrons. The predicted octanol–water partition coefficient (Wildman–Crippen LogP) is 1.57. The zero-order valence-electron chi connectivity index (χ0n) is 14.9. The van der Waals surface area contributed by atoms with E-state index in [0.717, 1.165) is 0 Å². The van der Waals surface area contributed by atoms with Crippen LogP contribution in [-0.4, -0.2) is 54.2 Å². The van der Waals surface area contributed by atoms with E-state index in [0.29, 0.717) is 37.2 Å². The van der Waals surface area contributed by atoms with Crippen molar-refractivity contribution in [3.05, 3.63) is 46.2 Å². The number of carbonyl (C=O) groups is 2. The molecule has 1 aromatic carbocycles. The van der Waals surface area contributed by atoms with E-state index in [2.05, 4.69) is 4.98 Å². The fraction of sp³-hybridized carbons (Fsp3) is 0.421. The predicted molar refractivity (Wildman–Crippen MR) is 96.0 cm³/mol. The van der Waals surface area contributed by atoms with Gasteiger partial charge in [0.05, 0.1) is 18.8 Å². The first-order valence-corrected chi connectivity index (χ1v) is 8.67. The third-order valence-electron chi connectivity index (χ3n) is 4.38. The highest BCUT2D eigenvalue weighted by atomic mass is 16.5. The number of H-pyrrole nitrogens is 1. The lowest BCUT2D eigenvalue weighted by Gasteiger charge is -2.31.